The molecule has 0 amide bonds. The van der Waals surface area contributed by atoms with Gasteiger partial charge in [0.05, 0.1) is 12.2 Å². The lowest BCUT2D eigenvalue weighted by molar-refractivity contribution is 0.0792. The fourth-order valence-corrected chi connectivity index (χ4v) is 2.67. The van der Waals surface area contributed by atoms with Crippen molar-refractivity contribution in [3.8, 4) is 5.75 Å². The van der Waals surface area contributed by atoms with E-state index < -0.39 is 12.2 Å². The van der Waals surface area contributed by atoms with Gasteiger partial charge in [-0.25, -0.2) is 0 Å². The third-order valence-electron chi connectivity index (χ3n) is 3.44. The summed E-state index contributed by atoms with van der Waals surface area (Å²) in [6, 6.07) is 11.5. The Balaban J connectivity index is 2.33. The summed E-state index contributed by atoms with van der Waals surface area (Å²) in [5.41, 5.74) is 0.828. The first-order valence-electron chi connectivity index (χ1n) is 7.25. The van der Waals surface area contributed by atoms with Crippen molar-refractivity contribution in [2.75, 3.05) is 13.1 Å². The molecule has 0 aliphatic carbocycles. The van der Waals surface area contributed by atoms with Crippen LogP contribution in [0.3, 0.4) is 0 Å². The number of nitrogens with zero attached hydrogens (tertiary/aromatic N) is 1. The average Bonchev–Trinajstić information content (AvgIpc) is 2.40. The van der Waals surface area contributed by atoms with E-state index in [0.29, 0.717) is 19.6 Å². The summed E-state index contributed by atoms with van der Waals surface area (Å²) in [5.74, 6) is 0.245. The lowest BCUT2D eigenvalue weighted by atomic mass is 10.0. The van der Waals surface area contributed by atoms with Gasteiger partial charge in [0.1, 0.15) is 5.75 Å². The molecular formula is C17H23NO3. The fraction of sp³-hybridized carbons (Fsp3) is 0.412. The van der Waals surface area contributed by atoms with Crippen LogP contribution in [0.15, 0.2) is 36.4 Å². The van der Waals surface area contributed by atoms with Crippen molar-refractivity contribution in [3.05, 3.63) is 42.0 Å². The summed E-state index contributed by atoms with van der Waals surface area (Å²) < 4.78 is 0. The monoisotopic (exact) mass is 289 g/mol. The van der Waals surface area contributed by atoms with Crippen LogP contribution in [-0.2, 0) is 6.54 Å². The third-order valence-corrected chi connectivity index (χ3v) is 3.44. The van der Waals surface area contributed by atoms with Gasteiger partial charge in [-0.15, -0.1) is 0 Å². The SMILES string of the molecule is C[C@@H](O)CN(Cc1c(O)ccc2ccccc12)C[C@@H](C)O. The summed E-state index contributed by atoms with van der Waals surface area (Å²) in [4.78, 5) is 1.96. The molecule has 0 bridgehead atoms. The van der Waals surface area contributed by atoms with Gasteiger partial charge in [0, 0.05) is 25.2 Å². The molecule has 21 heavy (non-hydrogen) atoms. The largest absolute Gasteiger partial charge is 0.508 e. The van der Waals surface area contributed by atoms with E-state index in [1.165, 1.54) is 0 Å². The van der Waals surface area contributed by atoms with E-state index in [0.717, 1.165) is 16.3 Å². The molecule has 2 aromatic carbocycles. The molecular weight excluding hydrogens is 266 g/mol. The molecule has 0 fully saturated rings. The molecule has 2 atom stereocenters. The Kier molecular flexibility index (Phi) is 5.17. The van der Waals surface area contributed by atoms with Crippen LogP contribution in [0.1, 0.15) is 19.4 Å². The normalized spacial score (nSPS) is 14.5. The number of hydrogen-bond acceptors (Lipinski definition) is 4. The minimum atomic E-state index is -0.485. The lowest BCUT2D eigenvalue weighted by Crippen LogP contribution is -2.35. The molecule has 0 aliphatic heterocycles. The number of aliphatic hydroxyl groups is 2. The number of fused-ring (bicyclic) bond motifs is 1. The Labute approximate surface area is 125 Å². The topological polar surface area (TPSA) is 63.9 Å². The van der Waals surface area contributed by atoms with Crippen LogP contribution in [0, 0.1) is 0 Å². The molecule has 4 heteroatoms. The van der Waals surface area contributed by atoms with Crippen molar-refractivity contribution >= 4 is 10.8 Å². The van der Waals surface area contributed by atoms with Crippen molar-refractivity contribution in [2.24, 2.45) is 0 Å². The lowest BCUT2D eigenvalue weighted by Gasteiger charge is -2.26. The summed E-state index contributed by atoms with van der Waals surface area (Å²) in [6.07, 6.45) is -0.971. The van der Waals surface area contributed by atoms with Gasteiger partial charge in [-0.3, -0.25) is 4.90 Å². The number of rotatable bonds is 6. The zero-order valence-corrected chi connectivity index (χ0v) is 12.5. The highest BCUT2D eigenvalue weighted by molar-refractivity contribution is 5.87. The highest BCUT2D eigenvalue weighted by atomic mass is 16.3. The van der Waals surface area contributed by atoms with Crippen molar-refractivity contribution in [1.82, 2.24) is 4.90 Å². The quantitative estimate of drug-likeness (QED) is 0.762. The summed E-state index contributed by atoms with van der Waals surface area (Å²) in [6.45, 7) is 4.83. The summed E-state index contributed by atoms with van der Waals surface area (Å²) >= 11 is 0. The van der Waals surface area contributed by atoms with Gasteiger partial charge in [0.15, 0.2) is 0 Å². The maximum absolute atomic E-state index is 10.2. The number of phenols is 1. The Morgan fingerprint density at radius 1 is 0.952 bits per heavy atom. The number of aliphatic hydroxyl groups excluding tert-OH is 2. The molecule has 0 saturated heterocycles. The second-order valence-electron chi connectivity index (χ2n) is 5.68. The summed E-state index contributed by atoms with van der Waals surface area (Å²) in [7, 11) is 0. The van der Waals surface area contributed by atoms with Gasteiger partial charge in [-0.05, 0) is 30.7 Å². The van der Waals surface area contributed by atoms with Crippen LogP contribution in [0.25, 0.3) is 10.8 Å². The van der Waals surface area contributed by atoms with Gasteiger partial charge < -0.3 is 15.3 Å². The van der Waals surface area contributed by atoms with E-state index in [-0.39, 0.29) is 5.75 Å². The van der Waals surface area contributed by atoms with Crippen molar-refractivity contribution in [1.29, 1.82) is 0 Å². The first kappa shape index (κ1) is 15.8. The van der Waals surface area contributed by atoms with E-state index in [1.54, 1.807) is 19.9 Å². The van der Waals surface area contributed by atoms with Crippen LogP contribution in [0.4, 0.5) is 0 Å². The molecule has 0 aliphatic rings. The highest BCUT2D eigenvalue weighted by Gasteiger charge is 2.15. The predicted molar refractivity (Wildman–Crippen MR) is 84.3 cm³/mol. The van der Waals surface area contributed by atoms with Crippen molar-refractivity contribution in [2.45, 2.75) is 32.6 Å². The molecule has 0 aromatic heterocycles. The number of benzene rings is 2. The van der Waals surface area contributed by atoms with Gasteiger partial charge in [-0.2, -0.15) is 0 Å². The highest BCUT2D eigenvalue weighted by Crippen LogP contribution is 2.28. The molecule has 3 N–H and O–H groups in total. The van der Waals surface area contributed by atoms with E-state index in [4.69, 9.17) is 0 Å². The molecule has 2 rings (SSSR count). The molecule has 0 spiro atoms. The van der Waals surface area contributed by atoms with Crippen LogP contribution in [0.5, 0.6) is 5.75 Å². The van der Waals surface area contributed by atoms with Crippen LogP contribution < -0.4 is 0 Å². The van der Waals surface area contributed by atoms with Crippen molar-refractivity contribution in [3.63, 3.8) is 0 Å². The van der Waals surface area contributed by atoms with Crippen LogP contribution in [-0.4, -0.2) is 45.5 Å². The molecule has 2 aromatic rings. The molecule has 0 heterocycles. The third kappa shape index (κ3) is 4.17. The maximum atomic E-state index is 10.2. The molecule has 0 saturated carbocycles. The van der Waals surface area contributed by atoms with Crippen molar-refractivity contribution < 1.29 is 15.3 Å². The predicted octanol–water partition coefficient (Wildman–Crippen LogP) is 2.11. The Morgan fingerprint density at radius 2 is 1.57 bits per heavy atom. The standard InChI is InChI=1S/C17H23NO3/c1-12(19)9-18(10-13(2)20)11-16-15-6-4-3-5-14(15)7-8-17(16)21/h3-8,12-13,19-21H,9-11H2,1-2H3/t12-,13-/m1/s1. The van der Waals surface area contributed by atoms with Gasteiger partial charge in [-0.1, -0.05) is 30.3 Å². The number of hydrogen-bond donors (Lipinski definition) is 3. The summed E-state index contributed by atoms with van der Waals surface area (Å²) in [5, 5.41) is 31.5. The van der Waals surface area contributed by atoms with Gasteiger partial charge in [0.25, 0.3) is 0 Å². The minimum absolute atomic E-state index is 0.245. The van der Waals surface area contributed by atoms with E-state index >= 15 is 0 Å². The number of phenolic OH excluding ortho intramolecular Hbond substituents is 1. The smallest absolute Gasteiger partial charge is 0.120 e. The molecule has 114 valence electrons. The first-order valence-corrected chi connectivity index (χ1v) is 7.25. The first-order chi connectivity index (χ1) is 9.97. The Morgan fingerprint density at radius 3 is 2.19 bits per heavy atom. The molecule has 0 radical (unpaired) electrons. The average molecular weight is 289 g/mol. The van der Waals surface area contributed by atoms with Gasteiger partial charge >= 0.3 is 0 Å². The Hall–Kier alpha value is -1.62. The second kappa shape index (κ2) is 6.89. The maximum Gasteiger partial charge on any atom is 0.120 e. The Bertz CT molecular complexity index is 586. The van der Waals surface area contributed by atoms with E-state index in [2.05, 4.69) is 0 Å². The second-order valence-corrected chi connectivity index (χ2v) is 5.68. The minimum Gasteiger partial charge on any atom is -0.508 e. The van der Waals surface area contributed by atoms with Crippen LogP contribution >= 0.6 is 0 Å². The molecule has 4 nitrogen and oxygen atoms in total. The fourth-order valence-electron chi connectivity index (χ4n) is 2.67. The molecule has 0 unspecified atom stereocenters. The number of aromatic hydroxyl groups is 1. The van der Waals surface area contributed by atoms with Gasteiger partial charge in [0.2, 0.25) is 0 Å². The zero-order valence-electron chi connectivity index (χ0n) is 12.5. The van der Waals surface area contributed by atoms with E-state index in [9.17, 15) is 15.3 Å². The zero-order chi connectivity index (χ0) is 15.4. The van der Waals surface area contributed by atoms with Crippen LogP contribution in [0.2, 0.25) is 0 Å². The van der Waals surface area contributed by atoms with E-state index in [1.807, 2.05) is 35.2 Å².